The molecule has 1 heterocycles. The van der Waals surface area contributed by atoms with E-state index >= 15 is 0 Å². The first-order chi connectivity index (χ1) is 10.3. The molecule has 3 rings (SSSR count). The van der Waals surface area contributed by atoms with Gasteiger partial charge in [0.25, 0.3) is 0 Å². The lowest BCUT2D eigenvalue weighted by atomic mass is 10.1. The number of thioether (sulfide) groups is 1. The Bertz CT molecular complexity index is 732. The molecule has 0 saturated heterocycles. The standard InChI is InChI=1S/C18H14O2S/c1-2-10-20-14-7-5-6-13(11-14)12-17-18(19)15-8-3-4-9-16(15)21-17/h2-9,11-12H,1,10H2. The molecule has 2 aromatic rings. The molecule has 0 N–H and O–H groups in total. The van der Waals surface area contributed by atoms with Gasteiger partial charge in [-0.15, -0.1) is 0 Å². The predicted molar refractivity (Wildman–Crippen MR) is 86.7 cm³/mol. The van der Waals surface area contributed by atoms with Crippen molar-refractivity contribution in [2.45, 2.75) is 4.90 Å². The van der Waals surface area contributed by atoms with E-state index in [0.29, 0.717) is 6.61 Å². The maximum Gasteiger partial charge on any atom is 0.200 e. The highest BCUT2D eigenvalue weighted by molar-refractivity contribution is 8.04. The van der Waals surface area contributed by atoms with Crippen LogP contribution in [-0.2, 0) is 0 Å². The molecule has 1 aliphatic heterocycles. The Morgan fingerprint density at radius 2 is 2.00 bits per heavy atom. The van der Waals surface area contributed by atoms with Gasteiger partial charge in [0.05, 0.1) is 4.91 Å². The summed E-state index contributed by atoms with van der Waals surface area (Å²) >= 11 is 1.52. The van der Waals surface area contributed by atoms with Crippen LogP contribution >= 0.6 is 11.8 Å². The molecule has 0 atom stereocenters. The van der Waals surface area contributed by atoms with Gasteiger partial charge in [-0.05, 0) is 35.9 Å². The molecule has 104 valence electrons. The van der Waals surface area contributed by atoms with Crippen LogP contribution in [0.2, 0.25) is 0 Å². The molecule has 2 aromatic carbocycles. The molecule has 0 spiro atoms. The fourth-order valence-electron chi connectivity index (χ4n) is 2.14. The summed E-state index contributed by atoms with van der Waals surface area (Å²) in [6.45, 7) is 4.10. The summed E-state index contributed by atoms with van der Waals surface area (Å²) < 4.78 is 5.51. The molecular formula is C18H14O2S. The fourth-order valence-corrected chi connectivity index (χ4v) is 3.19. The number of ether oxygens (including phenoxy) is 1. The fraction of sp³-hybridized carbons (Fsp3) is 0.0556. The first-order valence-corrected chi connectivity index (χ1v) is 7.46. The number of carbonyl (C=O) groups is 1. The van der Waals surface area contributed by atoms with Crippen molar-refractivity contribution >= 4 is 23.6 Å². The van der Waals surface area contributed by atoms with Crippen molar-refractivity contribution in [3.05, 3.63) is 77.2 Å². The van der Waals surface area contributed by atoms with Crippen LogP contribution in [0.4, 0.5) is 0 Å². The van der Waals surface area contributed by atoms with Crippen LogP contribution < -0.4 is 4.74 Å². The van der Waals surface area contributed by atoms with Gasteiger partial charge in [0, 0.05) is 10.5 Å². The van der Waals surface area contributed by atoms with E-state index in [1.165, 1.54) is 11.8 Å². The second kappa shape index (κ2) is 6.02. The summed E-state index contributed by atoms with van der Waals surface area (Å²) in [4.78, 5) is 14.1. The van der Waals surface area contributed by atoms with Gasteiger partial charge >= 0.3 is 0 Å². The van der Waals surface area contributed by atoms with E-state index in [1.807, 2.05) is 54.6 Å². The quantitative estimate of drug-likeness (QED) is 0.610. The first kappa shape index (κ1) is 13.7. The maximum absolute atomic E-state index is 12.3. The zero-order valence-corrected chi connectivity index (χ0v) is 12.2. The van der Waals surface area contributed by atoms with Crippen LogP contribution in [0.15, 0.2) is 71.0 Å². The lowest BCUT2D eigenvalue weighted by molar-refractivity contribution is 0.104. The summed E-state index contributed by atoms with van der Waals surface area (Å²) in [6, 6.07) is 15.4. The molecule has 0 saturated carbocycles. The van der Waals surface area contributed by atoms with E-state index in [9.17, 15) is 4.79 Å². The molecule has 1 aliphatic rings. The van der Waals surface area contributed by atoms with Crippen LogP contribution in [0, 0.1) is 0 Å². The minimum Gasteiger partial charge on any atom is -0.490 e. The normalized spacial score (nSPS) is 15.0. The number of carbonyl (C=O) groups excluding carboxylic acids is 1. The Labute approximate surface area is 128 Å². The van der Waals surface area contributed by atoms with Crippen LogP contribution in [0.5, 0.6) is 5.75 Å². The van der Waals surface area contributed by atoms with E-state index in [2.05, 4.69) is 6.58 Å². The molecule has 0 aromatic heterocycles. The summed E-state index contributed by atoms with van der Waals surface area (Å²) in [7, 11) is 0. The van der Waals surface area contributed by atoms with Crippen LogP contribution in [0.1, 0.15) is 15.9 Å². The molecule has 0 amide bonds. The summed E-state index contributed by atoms with van der Waals surface area (Å²) in [5.41, 5.74) is 1.74. The van der Waals surface area contributed by atoms with Gasteiger partial charge in [-0.3, -0.25) is 4.79 Å². The Hall–Kier alpha value is -2.26. The maximum atomic E-state index is 12.3. The Morgan fingerprint density at radius 1 is 1.14 bits per heavy atom. The van der Waals surface area contributed by atoms with Crippen molar-refractivity contribution in [2.75, 3.05) is 6.61 Å². The Kier molecular flexibility index (Phi) is 3.93. The second-order valence-electron chi connectivity index (χ2n) is 4.61. The van der Waals surface area contributed by atoms with Gasteiger partial charge < -0.3 is 4.74 Å². The molecule has 0 fully saturated rings. The van der Waals surface area contributed by atoms with E-state index in [-0.39, 0.29) is 5.78 Å². The van der Waals surface area contributed by atoms with E-state index in [1.54, 1.807) is 6.08 Å². The summed E-state index contributed by atoms with van der Waals surface area (Å²) in [6.07, 6.45) is 3.62. The number of hydrogen-bond donors (Lipinski definition) is 0. The zero-order chi connectivity index (χ0) is 14.7. The highest BCUT2D eigenvalue weighted by atomic mass is 32.2. The highest BCUT2D eigenvalue weighted by Gasteiger charge is 2.24. The molecule has 21 heavy (non-hydrogen) atoms. The largest absolute Gasteiger partial charge is 0.490 e. The minimum atomic E-state index is 0.0908. The number of Topliss-reactive ketones (excluding diaryl/α,β-unsaturated/α-hetero) is 1. The smallest absolute Gasteiger partial charge is 0.200 e. The van der Waals surface area contributed by atoms with Crippen molar-refractivity contribution < 1.29 is 9.53 Å². The first-order valence-electron chi connectivity index (χ1n) is 6.65. The molecule has 0 bridgehead atoms. The van der Waals surface area contributed by atoms with Gasteiger partial charge in [0.1, 0.15) is 12.4 Å². The van der Waals surface area contributed by atoms with Crippen molar-refractivity contribution in [1.82, 2.24) is 0 Å². The number of fused-ring (bicyclic) bond motifs is 1. The molecule has 0 radical (unpaired) electrons. The molecule has 0 aliphatic carbocycles. The molecule has 2 nitrogen and oxygen atoms in total. The average Bonchev–Trinajstić information content (AvgIpc) is 2.82. The van der Waals surface area contributed by atoms with Crippen molar-refractivity contribution in [1.29, 1.82) is 0 Å². The van der Waals surface area contributed by atoms with Gasteiger partial charge in [0.2, 0.25) is 5.78 Å². The SMILES string of the molecule is C=CCOc1cccc(C=C2Sc3ccccc3C2=O)c1. The minimum absolute atomic E-state index is 0.0908. The van der Waals surface area contributed by atoms with Gasteiger partial charge in [-0.25, -0.2) is 0 Å². The van der Waals surface area contributed by atoms with E-state index < -0.39 is 0 Å². The number of benzene rings is 2. The average molecular weight is 294 g/mol. The summed E-state index contributed by atoms with van der Waals surface area (Å²) in [5, 5.41) is 0. The highest BCUT2D eigenvalue weighted by Crippen LogP contribution is 2.40. The van der Waals surface area contributed by atoms with Crippen molar-refractivity contribution in [3.8, 4) is 5.75 Å². The third kappa shape index (κ3) is 2.93. The third-order valence-electron chi connectivity index (χ3n) is 3.10. The second-order valence-corrected chi connectivity index (χ2v) is 5.69. The lowest BCUT2D eigenvalue weighted by Gasteiger charge is -2.04. The van der Waals surface area contributed by atoms with Gasteiger partial charge in [0.15, 0.2) is 0 Å². The molecule has 0 unspecified atom stereocenters. The van der Waals surface area contributed by atoms with Gasteiger partial charge in [-0.1, -0.05) is 48.7 Å². The Balaban J connectivity index is 1.87. The monoisotopic (exact) mass is 294 g/mol. The van der Waals surface area contributed by atoms with E-state index in [4.69, 9.17) is 4.74 Å². The lowest BCUT2D eigenvalue weighted by Crippen LogP contribution is -1.94. The predicted octanol–water partition coefficient (Wildman–Crippen LogP) is 4.58. The van der Waals surface area contributed by atoms with E-state index in [0.717, 1.165) is 26.7 Å². The number of ketones is 1. The number of hydrogen-bond acceptors (Lipinski definition) is 3. The summed E-state index contributed by atoms with van der Waals surface area (Å²) in [5.74, 6) is 0.866. The topological polar surface area (TPSA) is 26.3 Å². The van der Waals surface area contributed by atoms with Crippen molar-refractivity contribution in [3.63, 3.8) is 0 Å². The van der Waals surface area contributed by atoms with Crippen molar-refractivity contribution in [2.24, 2.45) is 0 Å². The van der Waals surface area contributed by atoms with Crippen LogP contribution in [0.25, 0.3) is 6.08 Å². The molecule has 3 heteroatoms. The Morgan fingerprint density at radius 3 is 2.81 bits per heavy atom. The zero-order valence-electron chi connectivity index (χ0n) is 11.4. The number of allylic oxidation sites excluding steroid dienone is 1. The van der Waals surface area contributed by atoms with Crippen LogP contribution in [-0.4, -0.2) is 12.4 Å². The van der Waals surface area contributed by atoms with Crippen LogP contribution in [0.3, 0.4) is 0 Å². The molecular weight excluding hydrogens is 280 g/mol. The number of rotatable bonds is 4. The third-order valence-corrected chi connectivity index (χ3v) is 4.20. The van der Waals surface area contributed by atoms with Gasteiger partial charge in [-0.2, -0.15) is 0 Å².